The minimum atomic E-state index is 0.0183. The van der Waals surface area contributed by atoms with E-state index in [1.807, 2.05) is 48.5 Å². The number of hydrogen-bond acceptors (Lipinski definition) is 3. The van der Waals surface area contributed by atoms with Crippen molar-refractivity contribution in [3.8, 4) is 18.2 Å². The van der Waals surface area contributed by atoms with E-state index in [2.05, 4.69) is 20.6 Å². The van der Waals surface area contributed by atoms with Crippen LogP contribution in [-0.2, 0) is 6.42 Å². The van der Waals surface area contributed by atoms with Crippen LogP contribution in [0.15, 0.2) is 65.6 Å². The number of fused-ring (bicyclic) bond motifs is 2. The number of nitrogens with zero attached hydrogens (tertiary/aromatic N) is 6. The van der Waals surface area contributed by atoms with Crippen LogP contribution in [-0.4, -0.2) is 0 Å². The zero-order valence-corrected chi connectivity index (χ0v) is 17.4. The Labute approximate surface area is 192 Å². The normalized spacial score (nSPS) is 17.0. The second kappa shape index (κ2) is 10.1. The second-order valence-corrected chi connectivity index (χ2v) is 7.03. The van der Waals surface area contributed by atoms with E-state index in [1.165, 1.54) is 5.56 Å². The summed E-state index contributed by atoms with van der Waals surface area (Å²) in [6, 6.07) is 20.9. The molecule has 2 aromatic carbocycles. The van der Waals surface area contributed by atoms with Crippen molar-refractivity contribution in [3.63, 3.8) is 0 Å². The molecule has 2 aromatic rings. The average Bonchev–Trinajstić information content (AvgIpc) is 3.45. The maximum absolute atomic E-state index is 8.99. The number of hydrogen-bond donors (Lipinski definition) is 0. The Morgan fingerprint density at radius 1 is 0.606 bits per heavy atom. The molecule has 0 saturated heterocycles. The summed E-state index contributed by atoms with van der Waals surface area (Å²) in [5, 5.41) is 26.8. The SMILES string of the molecule is [C-]#[N+]/C(C#N)=C1\C/C(=C(/C#N)[N+]#[C-])c2ccccc21.[C-]#[N+]/C(C#N)=C1\CCc2ccccc21. The largest absolute Gasteiger partial charge is 0.265 e. The molecule has 6 nitrogen and oxygen atoms in total. The number of nitriles is 3. The minimum absolute atomic E-state index is 0.0183. The summed E-state index contributed by atoms with van der Waals surface area (Å²) in [5.41, 5.74) is 6.25. The predicted octanol–water partition coefficient (Wildman–Crippen LogP) is 6.19. The topological polar surface area (TPSA) is 84.4 Å². The maximum atomic E-state index is 8.99. The summed E-state index contributed by atoms with van der Waals surface area (Å²) >= 11 is 0. The molecule has 0 unspecified atom stereocenters. The Morgan fingerprint density at radius 3 is 1.48 bits per heavy atom. The zero-order chi connectivity index (χ0) is 23.8. The second-order valence-electron chi connectivity index (χ2n) is 7.03. The summed E-state index contributed by atoms with van der Waals surface area (Å²) in [4.78, 5) is 9.69. The Kier molecular flexibility index (Phi) is 6.80. The molecule has 2 aliphatic carbocycles. The van der Waals surface area contributed by atoms with E-state index in [1.54, 1.807) is 12.1 Å². The van der Waals surface area contributed by atoms with E-state index in [-0.39, 0.29) is 23.5 Å². The molecule has 0 aromatic heterocycles. The van der Waals surface area contributed by atoms with Gasteiger partial charge in [-0.15, -0.1) is 0 Å². The summed E-state index contributed by atoms with van der Waals surface area (Å²) in [7, 11) is 0. The third-order valence-corrected chi connectivity index (χ3v) is 5.43. The summed E-state index contributed by atoms with van der Waals surface area (Å²) < 4.78 is 0. The Hall–Kier alpha value is -5.40. The molecule has 152 valence electrons. The fraction of sp³-hybridized carbons (Fsp3) is 0.111. The van der Waals surface area contributed by atoms with Gasteiger partial charge in [0.2, 0.25) is 0 Å². The predicted molar refractivity (Wildman–Crippen MR) is 123 cm³/mol. The quantitative estimate of drug-likeness (QED) is 0.375. The van der Waals surface area contributed by atoms with Crippen LogP contribution in [0, 0.1) is 53.7 Å². The van der Waals surface area contributed by atoms with Gasteiger partial charge in [-0.2, -0.15) is 0 Å². The molecular weight excluding hydrogens is 408 g/mol. The fourth-order valence-electron chi connectivity index (χ4n) is 3.95. The molecule has 0 atom stereocenters. The van der Waals surface area contributed by atoms with E-state index in [9.17, 15) is 0 Å². The van der Waals surface area contributed by atoms with Gasteiger partial charge in [-0.25, -0.2) is 30.3 Å². The number of benzene rings is 2. The van der Waals surface area contributed by atoms with Gasteiger partial charge in [-0.05, 0) is 58.2 Å². The molecule has 0 radical (unpaired) electrons. The zero-order valence-electron chi connectivity index (χ0n) is 17.4. The van der Waals surface area contributed by atoms with E-state index in [0.717, 1.165) is 35.1 Å². The maximum Gasteiger partial charge on any atom is 0.265 e. The van der Waals surface area contributed by atoms with Crippen molar-refractivity contribution in [1.29, 1.82) is 15.8 Å². The first-order valence-corrected chi connectivity index (χ1v) is 9.83. The van der Waals surface area contributed by atoms with Crippen LogP contribution in [0.5, 0.6) is 0 Å². The molecule has 2 aliphatic rings. The summed E-state index contributed by atoms with van der Waals surface area (Å²) in [6.45, 7) is 21.0. The van der Waals surface area contributed by atoms with Crippen molar-refractivity contribution in [2.24, 2.45) is 0 Å². The molecular formula is C27H14N6. The molecule has 0 heterocycles. The highest BCUT2D eigenvalue weighted by Crippen LogP contribution is 2.43. The van der Waals surface area contributed by atoms with Gasteiger partial charge in [0.15, 0.2) is 0 Å². The monoisotopic (exact) mass is 422 g/mol. The Balaban J connectivity index is 0.000000194. The van der Waals surface area contributed by atoms with Gasteiger partial charge in [0.05, 0.1) is 37.9 Å². The lowest BCUT2D eigenvalue weighted by atomic mass is 10.1. The molecule has 0 bridgehead atoms. The van der Waals surface area contributed by atoms with Crippen molar-refractivity contribution < 1.29 is 0 Å². The van der Waals surface area contributed by atoms with Gasteiger partial charge in [0.1, 0.15) is 0 Å². The van der Waals surface area contributed by atoms with Gasteiger partial charge >= 0.3 is 0 Å². The third kappa shape index (κ3) is 4.24. The first kappa shape index (κ1) is 22.3. The van der Waals surface area contributed by atoms with Gasteiger partial charge in [-0.1, -0.05) is 48.5 Å². The van der Waals surface area contributed by atoms with Crippen LogP contribution in [0.25, 0.3) is 31.3 Å². The van der Waals surface area contributed by atoms with E-state index < -0.39 is 0 Å². The minimum Gasteiger partial charge on any atom is -0.226 e. The lowest BCUT2D eigenvalue weighted by molar-refractivity contribution is 1.08. The molecule has 6 heteroatoms. The van der Waals surface area contributed by atoms with Gasteiger partial charge in [0.25, 0.3) is 17.1 Å². The number of allylic oxidation sites excluding steroid dienone is 6. The van der Waals surface area contributed by atoms with Gasteiger partial charge < -0.3 is 0 Å². The first-order chi connectivity index (χ1) is 16.1. The highest BCUT2D eigenvalue weighted by molar-refractivity contribution is 5.97. The molecule has 0 amide bonds. The smallest absolute Gasteiger partial charge is 0.226 e. The molecule has 0 aliphatic heterocycles. The first-order valence-electron chi connectivity index (χ1n) is 9.83. The molecule has 0 spiro atoms. The van der Waals surface area contributed by atoms with Crippen LogP contribution in [0.1, 0.15) is 35.1 Å². The van der Waals surface area contributed by atoms with E-state index in [4.69, 9.17) is 35.5 Å². The molecule has 0 saturated carbocycles. The lowest BCUT2D eigenvalue weighted by Crippen LogP contribution is -1.82. The molecule has 4 rings (SSSR count). The summed E-state index contributed by atoms with van der Waals surface area (Å²) in [6.07, 6.45) is 2.06. The fourth-order valence-corrected chi connectivity index (χ4v) is 3.95. The molecule has 0 fully saturated rings. The van der Waals surface area contributed by atoms with Crippen molar-refractivity contribution in [3.05, 3.63) is 122 Å². The molecule has 0 N–H and O–H groups in total. The Bertz CT molecular complexity index is 1380. The molecule has 33 heavy (non-hydrogen) atoms. The summed E-state index contributed by atoms with van der Waals surface area (Å²) in [5.74, 6) is 0. The Morgan fingerprint density at radius 2 is 1.03 bits per heavy atom. The number of rotatable bonds is 0. The van der Waals surface area contributed by atoms with Crippen molar-refractivity contribution in [1.82, 2.24) is 0 Å². The lowest BCUT2D eigenvalue weighted by Gasteiger charge is -1.99. The van der Waals surface area contributed by atoms with Crippen LogP contribution in [0.2, 0.25) is 0 Å². The highest BCUT2D eigenvalue weighted by atomic mass is 14.7. The van der Waals surface area contributed by atoms with Crippen LogP contribution >= 0.6 is 0 Å². The average molecular weight is 422 g/mol. The highest BCUT2D eigenvalue weighted by Gasteiger charge is 2.26. The third-order valence-electron chi connectivity index (χ3n) is 5.43. The van der Waals surface area contributed by atoms with Crippen molar-refractivity contribution >= 4 is 16.7 Å². The van der Waals surface area contributed by atoms with Crippen molar-refractivity contribution in [2.45, 2.75) is 19.3 Å². The van der Waals surface area contributed by atoms with E-state index in [0.29, 0.717) is 11.1 Å². The van der Waals surface area contributed by atoms with Gasteiger partial charge in [-0.3, -0.25) is 0 Å². The van der Waals surface area contributed by atoms with Crippen LogP contribution in [0.4, 0.5) is 0 Å². The van der Waals surface area contributed by atoms with Gasteiger partial charge in [0, 0.05) is 0 Å². The number of aryl methyl sites for hydroxylation is 1. The van der Waals surface area contributed by atoms with Crippen molar-refractivity contribution in [2.75, 3.05) is 0 Å². The standard InChI is InChI=1S/C15H6N4.C12H8N2/c1-18-14(8-16)12-7-13(15(9-17)19-2)11-6-4-3-5-10(11)12;1-14-12(8-13)11-7-6-9-4-2-3-5-10(9)11/h3-6H,7H2;2-5H,6-7H2/b14-12+,15-13+;12-11+. The van der Waals surface area contributed by atoms with E-state index >= 15 is 0 Å². The van der Waals surface area contributed by atoms with Crippen LogP contribution in [0.3, 0.4) is 0 Å². The van der Waals surface area contributed by atoms with Crippen LogP contribution < -0.4 is 0 Å².